The molecule has 0 atom stereocenters. The van der Waals surface area contributed by atoms with E-state index in [0.717, 1.165) is 29.0 Å². The molecule has 0 aromatic heterocycles. The van der Waals surface area contributed by atoms with E-state index in [4.69, 9.17) is 4.74 Å². The Morgan fingerprint density at radius 3 is 2.86 bits per heavy atom. The van der Waals surface area contributed by atoms with E-state index in [-0.39, 0.29) is 0 Å². The van der Waals surface area contributed by atoms with E-state index in [1.165, 1.54) is 0 Å². The van der Waals surface area contributed by atoms with E-state index in [1.54, 1.807) is 7.11 Å². The molecule has 1 aliphatic heterocycles. The van der Waals surface area contributed by atoms with Gasteiger partial charge >= 0.3 is 0 Å². The Labute approximate surface area is 83.1 Å². The summed E-state index contributed by atoms with van der Waals surface area (Å²) in [6.45, 7) is 2.02. The first-order valence-electron chi connectivity index (χ1n) is 4.54. The predicted octanol–water partition coefficient (Wildman–Crippen LogP) is 2.18. The van der Waals surface area contributed by atoms with Crippen molar-refractivity contribution >= 4 is 11.9 Å². The molecule has 14 heavy (non-hydrogen) atoms. The van der Waals surface area contributed by atoms with Crippen molar-refractivity contribution < 1.29 is 4.74 Å². The minimum atomic E-state index is 0.812. The lowest BCUT2D eigenvalue weighted by Gasteiger charge is -2.06. The Kier molecular flexibility index (Phi) is 2.31. The zero-order valence-electron chi connectivity index (χ0n) is 8.32. The van der Waals surface area contributed by atoms with E-state index < -0.39 is 0 Å². The maximum atomic E-state index is 5.25. The molecule has 0 saturated heterocycles. The highest BCUT2D eigenvalue weighted by Crippen LogP contribution is 2.20. The van der Waals surface area contributed by atoms with Gasteiger partial charge in [0.05, 0.1) is 12.8 Å². The Morgan fingerprint density at radius 2 is 2.21 bits per heavy atom. The molecule has 0 fully saturated rings. The number of methoxy groups -OCH3 is 1. The molecule has 0 radical (unpaired) electrons. The minimum absolute atomic E-state index is 0.812. The van der Waals surface area contributed by atoms with Gasteiger partial charge in [0, 0.05) is 18.2 Å². The Balaban J connectivity index is 2.36. The third-order valence-electron chi connectivity index (χ3n) is 2.29. The Morgan fingerprint density at radius 1 is 1.36 bits per heavy atom. The molecule has 0 amide bonds. The van der Waals surface area contributed by atoms with Gasteiger partial charge in [0.15, 0.2) is 0 Å². The van der Waals surface area contributed by atoms with Crippen LogP contribution in [0, 0.1) is 6.92 Å². The van der Waals surface area contributed by atoms with E-state index in [0.29, 0.717) is 0 Å². The van der Waals surface area contributed by atoms with Crippen molar-refractivity contribution in [3.63, 3.8) is 0 Å². The molecule has 0 N–H and O–H groups in total. The van der Waals surface area contributed by atoms with Gasteiger partial charge in [-0.3, -0.25) is 0 Å². The molecule has 0 aliphatic carbocycles. The summed E-state index contributed by atoms with van der Waals surface area (Å²) in [6.07, 6.45) is 2.62. The molecular formula is C11H12N2O. The average molecular weight is 188 g/mol. The number of benzene rings is 1. The van der Waals surface area contributed by atoms with Crippen LogP contribution in [0.5, 0.6) is 5.75 Å². The van der Waals surface area contributed by atoms with Crippen molar-refractivity contribution in [3.05, 3.63) is 29.3 Å². The summed E-state index contributed by atoms with van der Waals surface area (Å²) < 4.78 is 5.25. The zero-order valence-corrected chi connectivity index (χ0v) is 8.32. The minimum Gasteiger partial charge on any atom is -0.496 e. The number of hydrogen-bond donors (Lipinski definition) is 0. The number of rotatable bonds is 2. The van der Waals surface area contributed by atoms with Gasteiger partial charge in [-0.15, -0.1) is 0 Å². The van der Waals surface area contributed by atoms with Gasteiger partial charge in [-0.2, -0.15) is 10.2 Å². The molecule has 0 spiro atoms. The molecule has 0 saturated carbocycles. The summed E-state index contributed by atoms with van der Waals surface area (Å²) in [7, 11) is 1.68. The molecule has 1 heterocycles. The molecular weight excluding hydrogens is 176 g/mol. The van der Waals surface area contributed by atoms with Crippen LogP contribution < -0.4 is 4.74 Å². The quantitative estimate of drug-likeness (QED) is 0.700. The highest BCUT2D eigenvalue weighted by molar-refractivity contribution is 6.09. The van der Waals surface area contributed by atoms with E-state index in [9.17, 15) is 0 Å². The van der Waals surface area contributed by atoms with Crippen molar-refractivity contribution in [2.75, 3.05) is 7.11 Å². The molecule has 2 rings (SSSR count). The monoisotopic (exact) mass is 188 g/mol. The molecule has 3 nitrogen and oxygen atoms in total. The molecule has 1 aromatic rings. The zero-order chi connectivity index (χ0) is 9.97. The summed E-state index contributed by atoms with van der Waals surface area (Å²) in [5.41, 5.74) is 3.23. The lowest BCUT2D eigenvalue weighted by molar-refractivity contribution is 0.411. The van der Waals surface area contributed by atoms with Gasteiger partial charge in [-0.25, -0.2) is 0 Å². The molecule has 1 aliphatic rings. The highest BCUT2D eigenvalue weighted by atomic mass is 16.5. The first kappa shape index (κ1) is 8.94. The van der Waals surface area contributed by atoms with E-state index in [1.807, 2.05) is 31.3 Å². The topological polar surface area (TPSA) is 34.0 Å². The maximum absolute atomic E-state index is 5.25. The second kappa shape index (κ2) is 3.62. The van der Waals surface area contributed by atoms with Crippen molar-refractivity contribution in [3.8, 4) is 5.75 Å². The SMILES string of the molecule is COc1cc(C2=NN=CC2)ccc1C. The van der Waals surface area contributed by atoms with Crippen molar-refractivity contribution in [1.29, 1.82) is 0 Å². The van der Waals surface area contributed by atoms with Gasteiger partial charge in [0.25, 0.3) is 0 Å². The summed E-state index contributed by atoms with van der Waals surface area (Å²) in [5.74, 6) is 0.900. The van der Waals surface area contributed by atoms with Crippen molar-refractivity contribution in [2.24, 2.45) is 10.2 Å². The fraction of sp³-hybridized carbons (Fsp3) is 0.273. The van der Waals surface area contributed by atoms with Crippen molar-refractivity contribution in [2.45, 2.75) is 13.3 Å². The van der Waals surface area contributed by atoms with Gasteiger partial charge in [-0.1, -0.05) is 12.1 Å². The number of nitrogens with zero attached hydrogens (tertiary/aromatic N) is 2. The fourth-order valence-electron chi connectivity index (χ4n) is 1.45. The van der Waals surface area contributed by atoms with Crippen LogP contribution >= 0.6 is 0 Å². The van der Waals surface area contributed by atoms with Crippen LogP contribution in [0.15, 0.2) is 28.4 Å². The molecule has 0 unspecified atom stereocenters. The van der Waals surface area contributed by atoms with Crippen LogP contribution in [-0.2, 0) is 0 Å². The standard InChI is InChI=1S/C11H12N2O/c1-8-3-4-9(7-11(8)14-2)10-5-6-12-13-10/h3-4,6-7H,5H2,1-2H3. The van der Waals surface area contributed by atoms with Crippen LogP contribution in [0.2, 0.25) is 0 Å². The smallest absolute Gasteiger partial charge is 0.122 e. The summed E-state index contributed by atoms with van der Waals surface area (Å²) >= 11 is 0. The van der Waals surface area contributed by atoms with Crippen LogP contribution in [0.4, 0.5) is 0 Å². The molecule has 0 bridgehead atoms. The third kappa shape index (κ3) is 1.53. The third-order valence-corrected chi connectivity index (χ3v) is 2.29. The van der Waals surface area contributed by atoms with Gasteiger partial charge in [-0.05, 0) is 18.6 Å². The van der Waals surface area contributed by atoms with Crippen LogP contribution in [0.1, 0.15) is 17.5 Å². The number of aryl methyl sites for hydroxylation is 1. The first-order valence-corrected chi connectivity index (χ1v) is 4.54. The Hall–Kier alpha value is -1.64. The lowest BCUT2D eigenvalue weighted by atomic mass is 10.1. The predicted molar refractivity (Wildman–Crippen MR) is 57.4 cm³/mol. The largest absolute Gasteiger partial charge is 0.496 e. The van der Waals surface area contributed by atoms with Gasteiger partial charge < -0.3 is 4.74 Å². The second-order valence-corrected chi connectivity index (χ2v) is 3.23. The van der Waals surface area contributed by atoms with Crippen molar-refractivity contribution in [1.82, 2.24) is 0 Å². The van der Waals surface area contributed by atoms with Gasteiger partial charge in [0.1, 0.15) is 5.75 Å². The maximum Gasteiger partial charge on any atom is 0.122 e. The van der Waals surface area contributed by atoms with Crippen LogP contribution in [-0.4, -0.2) is 19.0 Å². The second-order valence-electron chi connectivity index (χ2n) is 3.23. The average Bonchev–Trinajstić information content (AvgIpc) is 2.71. The number of ether oxygens (including phenoxy) is 1. The highest BCUT2D eigenvalue weighted by Gasteiger charge is 2.08. The summed E-state index contributed by atoms with van der Waals surface area (Å²) in [6, 6.07) is 6.09. The van der Waals surface area contributed by atoms with E-state index >= 15 is 0 Å². The summed E-state index contributed by atoms with van der Waals surface area (Å²) in [4.78, 5) is 0. The van der Waals surface area contributed by atoms with Crippen LogP contribution in [0.25, 0.3) is 0 Å². The molecule has 3 heteroatoms. The van der Waals surface area contributed by atoms with Crippen LogP contribution in [0.3, 0.4) is 0 Å². The van der Waals surface area contributed by atoms with E-state index in [2.05, 4.69) is 10.2 Å². The fourth-order valence-corrected chi connectivity index (χ4v) is 1.45. The first-order chi connectivity index (χ1) is 6.81. The lowest BCUT2D eigenvalue weighted by Crippen LogP contribution is -1.99. The molecule has 1 aromatic carbocycles. The normalized spacial score (nSPS) is 14.3. The summed E-state index contributed by atoms with van der Waals surface area (Å²) in [5, 5.41) is 7.88. The molecule has 72 valence electrons. The van der Waals surface area contributed by atoms with Gasteiger partial charge in [0.2, 0.25) is 0 Å². The Bertz CT molecular complexity index is 408. The number of hydrogen-bond acceptors (Lipinski definition) is 3.